The molecule has 2 N–H and O–H groups in total. The van der Waals surface area contributed by atoms with Crippen LogP contribution in [-0.2, 0) is 14.3 Å². The highest BCUT2D eigenvalue weighted by molar-refractivity contribution is 5.85. The fraction of sp³-hybridized carbons (Fsp3) is 0.889. The lowest BCUT2D eigenvalue weighted by molar-refractivity contribution is -0.141. The number of morpholine rings is 1. The summed E-state index contributed by atoms with van der Waals surface area (Å²) in [5, 5.41) is 0. The fourth-order valence-corrected chi connectivity index (χ4v) is 4.21. The van der Waals surface area contributed by atoms with E-state index in [-0.39, 0.29) is 48.1 Å². The Labute approximate surface area is 174 Å². The van der Waals surface area contributed by atoms with E-state index in [4.69, 9.17) is 10.5 Å². The second-order valence-corrected chi connectivity index (χ2v) is 7.90. The van der Waals surface area contributed by atoms with Crippen molar-refractivity contribution in [3.05, 3.63) is 0 Å². The van der Waals surface area contributed by atoms with Crippen molar-refractivity contribution < 1.29 is 14.3 Å². The molecule has 2 unspecified atom stereocenters. The van der Waals surface area contributed by atoms with E-state index in [9.17, 15) is 9.59 Å². The van der Waals surface area contributed by atoms with Crippen molar-refractivity contribution in [3.63, 3.8) is 0 Å². The molecule has 2 saturated heterocycles. The minimum Gasteiger partial charge on any atom is -0.378 e. The Morgan fingerprint density at radius 1 is 1.00 bits per heavy atom. The summed E-state index contributed by atoms with van der Waals surface area (Å²) >= 11 is 0. The molecule has 0 spiro atoms. The van der Waals surface area contributed by atoms with Gasteiger partial charge in [0.25, 0.3) is 0 Å². The first-order valence-electron chi connectivity index (χ1n) is 9.63. The Bertz CT molecular complexity index is 493. The van der Waals surface area contributed by atoms with Crippen LogP contribution in [0.15, 0.2) is 0 Å². The van der Waals surface area contributed by atoms with Crippen molar-refractivity contribution in [1.82, 2.24) is 14.7 Å². The van der Waals surface area contributed by atoms with Gasteiger partial charge in [0, 0.05) is 44.8 Å². The third kappa shape index (κ3) is 6.19. The number of piperazine rings is 1. The van der Waals surface area contributed by atoms with Gasteiger partial charge in [-0.05, 0) is 19.8 Å². The van der Waals surface area contributed by atoms with Crippen LogP contribution in [-0.4, -0.2) is 91.1 Å². The number of hydrogen-bond donors (Lipinski definition) is 1. The van der Waals surface area contributed by atoms with Gasteiger partial charge in [0.1, 0.15) is 0 Å². The number of rotatable bonds is 3. The van der Waals surface area contributed by atoms with E-state index >= 15 is 0 Å². The van der Waals surface area contributed by atoms with Crippen molar-refractivity contribution in [2.45, 2.75) is 38.1 Å². The lowest BCUT2D eigenvalue weighted by atomic mass is 9.74. The third-order valence-electron chi connectivity index (χ3n) is 5.96. The third-order valence-corrected chi connectivity index (χ3v) is 5.96. The maximum atomic E-state index is 12.9. The van der Waals surface area contributed by atoms with E-state index < -0.39 is 0 Å². The molecule has 9 heteroatoms. The summed E-state index contributed by atoms with van der Waals surface area (Å²) < 4.78 is 5.29. The topological polar surface area (TPSA) is 79.1 Å². The lowest BCUT2D eigenvalue weighted by Crippen LogP contribution is -2.58. The molecular weight excluding hydrogens is 391 g/mol. The summed E-state index contributed by atoms with van der Waals surface area (Å²) in [5.41, 5.74) is 6.01. The van der Waals surface area contributed by atoms with Crippen molar-refractivity contribution in [2.75, 3.05) is 59.0 Å². The van der Waals surface area contributed by atoms with Crippen LogP contribution in [0.1, 0.15) is 32.6 Å². The second kappa shape index (κ2) is 10.8. The number of amides is 2. The van der Waals surface area contributed by atoms with Crippen LogP contribution in [0.25, 0.3) is 0 Å². The summed E-state index contributed by atoms with van der Waals surface area (Å²) in [6.07, 6.45) is 4.05. The number of nitrogens with zero attached hydrogens (tertiary/aromatic N) is 3. The van der Waals surface area contributed by atoms with Crippen LogP contribution < -0.4 is 5.73 Å². The van der Waals surface area contributed by atoms with Crippen LogP contribution in [0.4, 0.5) is 0 Å². The highest BCUT2D eigenvalue weighted by Gasteiger charge is 2.40. The predicted molar refractivity (Wildman–Crippen MR) is 109 cm³/mol. The van der Waals surface area contributed by atoms with Crippen molar-refractivity contribution in [3.8, 4) is 0 Å². The monoisotopic (exact) mass is 424 g/mol. The first-order valence-corrected chi connectivity index (χ1v) is 9.63. The summed E-state index contributed by atoms with van der Waals surface area (Å²) in [6, 6.07) is 0. The summed E-state index contributed by atoms with van der Waals surface area (Å²) in [4.78, 5) is 31.2. The van der Waals surface area contributed by atoms with E-state index in [1.54, 1.807) is 0 Å². The van der Waals surface area contributed by atoms with Crippen molar-refractivity contribution >= 4 is 36.6 Å². The zero-order valence-electron chi connectivity index (χ0n) is 16.2. The second-order valence-electron chi connectivity index (χ2n) is 7.90. The Hall–Kier alpha value is -0.600. The number of ether oxygens (including phenoxy) is 1. The van der Waals surface area contributed by atoms with E-state index in [0.717, 1.165) is 38.8 Å². The van der Waals surface area contributed by atoms with Gasteiger partial charge in [-0.25, -0.2) is 0 Å². The lowest BCUT2D eigenvalue weighted by Gasteiger charge is -2.42. The van der Waals surface area contributed by atoms with Gasteiger partial charge in [0.05, 0.1) is 25.7 Å². The van der Waals surface area contributed by atoms with Gasteiger partial charge in [-0.3, -0.25) is 14.5 Å². The van der Waals surface area contributed by atoms with E-state index in [1.807, 2.05) is 16.7 Å². The molecule has 0 aromatic heterocycles. The molecule has 2 aliphatic heterocycles. The Morgan fingerprint density at radius 3 is 2.22 bits per heavy atom. The van der Waals surface area contributed by atoms with Crippen LogP contribution in [0.2, 0.25) is 0 Å². The zero-order chi connectivity index (χ0) is 17.9. The van der Waals surface area contributed by atoms with Crippen molar-refractivity contribution in [1.29, 1.82) is 0 Å². The van der Waals surface area contributed by atoms with Gasteiger partial charge in [0.2, 0.25) is 11.8 Å². The molecule has 7 nitrogen and oxygen atoms in total. The van der Waals surface area contributed by atoms with Gasteiger partial charge in [-0.2, -0.15) is 0 Å². The predicted octanol–water partition coefficient (Wildman–Crippen LogP) is 0.741. The minimum atomic E-state index is -0.376. The molecule has 2 amide bonds. The molecule has 0 aromatic rings. The smallest absolute Gasteiger partial charge is 0.236 e. The van der Waals surface area contributed by atoms with E-state index in [1.165, 1.54) is 0 Å². The molecule has 158 valence electrons. The Balaban J connectivity index is 0.00000182. The molecule has 1 aliphatic carbocycles. The number of nitrogens with two attached hydrogens (primary N) is 1. The van der Waals surface area contributed by atoms with Gasteiger partial charge < -0.3 is 20.3 Å². The molecule has 0 bridgehead atoms. The molecule has 3 fully saturated rings. The van der Waals surface area contributed by atoms with E-state index in [0.29, 0.717) is 45.9 Å². The fourth-order valence-electron chi connectivity index (χ4n) is 4.21. The average molecular weight is 425 g/mol. The van der Waals surface area contributed by atoms with Crippen LogP contribution >= 0.6 is 24.8 Å². The van der Waals surface area contributed by atoms with Crippen LogP contribution in [0.5, 0.6) is 0 Å². The molecule has 2 heterocycles. The highest BCUT2D eigenvalue weighted by Crippen LogP contribution is 2.33. The largest absolute Gasteiger partial charge is 0.378 e. The molecule has 27 heavy (non-hydrogen) atoms. The standard InChI is InChI=1S/C18H32N4O3.2ClH/c1-18(19)5-3-2-4-15(18)17(24)22-8-6-20(7-9-22)14-16(23)21-10-12-25-13-11-21;;/h15H,2-14,19H2,1H3;2*1H. The molecule has 3 aliphatic rings. The minimum absolute atomic E-state index is 0. The van der Waals surface area contributed by atoms with E-state index in [2.05, 4.69) is 4.90 Å². The SMILES string of the molecule is CC1(N)CCCCC1C(=O)N1CCN(CC(=O)N2CCOCC2)CC1.Cl.Cl. The normalized spacial score (nSPS) is 29.5. The molecule has 1 saturated carbocycles. The van der Waals surface area contributed by atoms with Gasteiger partial charge in [0.15, 0.2) is 0 Å². The molecule has 3 rings (SSSR count). The van der Waals surface area contributed by atoms with Gasteiger partial charge in [-0.15, -0.1) is 24.8 Å². The molecule has 0 radical (unpaired) electrons. The Kier molecular flexibility index (Phi) is 9.79. The number of carbonyl (C=O) groups is 2. The summed E-state index contributed by atoms with van der Waals surface area (Å²) in [7, 11) is 0. The first kappa shape index (κ1) is 24.4. The van der Waals surface area contributed by atoms with Crippen LogP contribution in [0.3, 0.4) is 0 Å². The maximum Gasteiger partial charge on any atom is 0.236 e. The summed E-state index contributed by atoms with van der Waals surface area (Å²) in [5.74, 6) is 0.330. The molecule has 0 aromatic carbocycles. The number of carbonyl (C=O) groups excluding carboxylic acids is 2. The first-order chi connectivity index (χ1) is 12.0. The van der Waals surface area contributed by atoms with Crippen molar-refractivity contribution in [2.24, 2.45) is 11.7 Å². The maximum absolute atomic E-state index is 12.9. The average Bonchev–Trinajstić information content (AvgIpc) is 2.62. The van der Waals surface area contributed by atoms with Gasteiger partial charge in [-0.1, -0.05) is 12.8 Å². The quantitative estimate of drug-likeness (QED) is 0.722. The highest BCUT2D eigenvalue weighted by atomic mass is 35.5. The number of halogens is 2. The molecule has 2 atom stereocenters. The summed E-state index contributed by atoms with van der Waals surface area (Å²) in [6.45, 7) is 8.02. The Morgan fingerprint density at radius 2 is 1.63 bits per heavy atom. The van der Waals surface area contributed by atoms with Gasteiger partial charge >= 0.3 is 0 Å². The van der Waals surface area contributed by atoms with Crippen LogP contribution in [0, 0.1) is 5.92 Å². The zero-order valence-corrected chi connectivity index (χ0v) is 17.9. The molecular formula is C18H34Cl2N4O3. The number of hydrogen-bond acceptors (Lipinski definition) is 5.